The number of thioether (sulfide) groups is 1. The Morgan fingerprint density at radius 3 is 2.31 bits per heavy atom. The number of hydrogen-bond acceptors (Lipinski definition) is 5. The van der Waals surface area contributed by atoms with E-state index in [0.717, 1.165) is 61.5 Å². The first kappa shape index (κ1) is 27.3. The molecule has 204 valence electrons. The van der Waals surface area contributed by atoms with Gasteiger partial charge < -0.3 is 20.3 Å². The minimum Gasteiger partial charge on any atom is -0.497 e. The number of nitrogens with zero attached hydrogens (tertiary/aromatic N) is 1. The molecule has 1 heterocycles. The second-order valence-electron chi connectivity index (χ2n) is 10.3. The van der Waals surface area contributed by atoms with Crippen molar-refractivity contribution in [1.29, 1.82) is 0 Å². The molecule has 3 aromatic rings. The molecule has 1 unspecified atom stereocenters. The Balaban J connectivity index is 1.15. The smallest absolute Gasteiger partial charge is 0.251 e. The first-order valence-corrected chi connectivity index (χ1v) is 15.0. The Morgan fingerprint density at radius 1 is 0.923 bits per heavy atom. The van der Waals surface area contributed by atoms with E-state index in [1.54, 1.807) is 18.9 Å². The lowest BCUT2D eigenvalue weighted by Gasteiger charge is -2.30. The van der Waals surface area contributed by atoms with Gasteiger partial charge in [0.1, 0.15) is 11.8 Å². The van der Waals surface area contributed by atoms with Gasteiger partial charge in [0.25, 0.3) is 5.91 Å². The lowest BCUT2D eigenvalue weighted by atomic mass is 10.0. The molecule has 0 spiro atoms. The molecule has 6 nitrogen and oxygen atoms in total. The quantitative estimate of drug-likeness (QED) is 0.253. The van der Waals surface area contributed by atoms with Gasteiger partial charge in [-0.1, -0.05) is 54.6 Å². The van der Waals surface area contributed by atoms with Crippen molar-refractivity contribution in [2.24, 2.45) is 0 Å². The molecule has 0 aromatic heterocycles. The van der Waals surface area contributed by atoms with Crippen LogP contribution in [-0.2, 0) is 4.79 Å². The number of ether oxygens (including phenoxy) is 1. The van der Waals surface area contributed by atoms with Crippen LogP contribution in [0.15, 0.2) is 78.9 Å². The van der Waals surface area contributed by atoms with E-state index in [2.05, 4.69) is 34.9 Å². The molecule has 39 heavy (non-hydrogen) atoms. The molecule has 5 rings (SSSR count). The van der Waals surface area contributed by atoms with Crippen LogP contribution in [0.1, 0.15) is 47.5 Å². The Hall–Kier alpha value is -3.29. The van der Waals surface area contributed by atoms with E-state index in [0.29, 0.717) is 23.3 Å². The summed E-state index contributed by atoms with van der Waals surface area (Å²) in [5.41, 5.74) is 4.05. The van der Waals surface area contributed by atoms with Gasteiger partial charge in [-0.3, -0.25) is 9.59 Å². The third-order valence-corrected chi connectivity index (χ3v) is 8.53. The van der Waals surface area contributed by atoms with Crippen molar-refractivity contribution in [2.45, 2.75) is 43.7 Å². The van der Waals surface area contributed by atoms with Gasteiger partial charge in [-0.25, -0.2) is 0 Å². The van der Waals surface area contributed by atoms with Crippen molar-refractivity contribution in [2.75, 3.05) is 31.8 Å². The standard InChI is InChI=1S/C32H37N3O3S/c1-38-27-16-14-25(15-17-27)28-20-29(28)33-22-39-21-30(32(37)35-18-6-3-7-19-35)34-31(36)26-12-10-24(11-13-26)23-8-4-2-5-9-23/h2,4-5,8-17,28-30,33H,3,6-7,18-22H2,1H3,(H,34,36)/t28-,29?,30-/m0/s1. The molecule has 1 aliphatic heterocycles. The number of amides is 2. The molecule has 3 aromatic carbocycles. The van der Waals surface area contributed by atoms with Crippen molar-refractivity contribution in [3.05, 3.63) is 90.0 Å². The van der Waals surface area contributed by atoms with Gasteiger partial charge in [0.2, 0.25) is 5.91 Å². The molecule has 2 N–H and O–H groups in total. The molecule has 1 aliphatic carbocycles. The lowest BCUT2D eigenvalue weighted by molar-refractivity contribution is -0.133. The van der Waals surface area contributed by atoms with Gasteiger partial charge in [0.15, 0.2) is 0 Å². The fourth-order valence-electron chi connectivity index (χ4n) is 5.18. The number of carbonyl (C=O) groups is 2. The topological polar surface area (TPSA) is 70.7 Å². The molecular weight excluding hydrogens is 506 g/mol. The number of carbonyl (C=O) groups excluding carboxylic acids is 2. The van der Waals surface area contributed by atoms with E-state index in [-0.39, 0.29) is 11.8 Å². The average molecular weight is 544 g/mol. The van der Waals surface area contributed by atoms with Crippen LogP contribution in [0.25, 0.3) is 11.1 Å². The first-order valence-electron chi connectivity index (χ1n) is 13.8. The number of methoxy groups -OCH3 is 1. The highest BCUT2D eigenvalue weighted by atomic mass is 32.2. The van der Waals surface area contributed by atoms with Crippen molar-refractivity contribution >= 4 is 23.6 Å². The van der Waals surface area contributed by atoms with Gasteiger partial charge in [-0.05, 0) is 66.6 Å². The van der Waals surface area contributed by atoms with Crippen molar-refractivity contribution < 1.29 is 14.3 Å². The van der Waals surface area contributed by atoms with E-state index in [1.807, 2.05) is 59.5 Å². The summed E-state index contributed by atoms with van der Waals surface area (Å²) >= 11 is 1.67. The second kappa shape index (κ2) is 13.2. The molecule has 1 saturated heterocycles. The number of rotatable bonds is 11. The fourth-order valence-corrected chi connectivity index (χ4v) is 6.09. The van der Waals surface area contributed by atoms with Crippen LogP contribution in [0.3, 0.4) is 0 Å². The fraction of sp³-hybridized carbons (Fsp3) is 0.375. The van der Waals surface area contributed by atoms with E-state index < -0.39 is 6.04 Å². The summed E-state index contributed by atoms with van der Waals surface area (Å²) in [6.07, 6.45) is 4.32. The van der Waals surface area contributed by atoms with E-state index >= 15 is 0 Å². The monoisotopic (exact) mass is 543 g/mol. The van der Waals surface area contributed by atoms with Gasteiger partial charge in [0.05, 0.1) is 7.11 Å². The first-order chi connectivity index (χ1) is 19.1. The summed E-state index contributed by atoms with van der Waals surface area (Å²) in [5.74, 6) is 2.48. The molecule has 3 atom stereocenters. The summed E-state index contributed by atoms with van der Waals surface area (Å²) in [6.45, 7) is 1.54. The number of nitrogens with one attached hydrogen (secondary N) is 2. The maximum Gasteiger partial charge on any atom is 0.251 e. The Labute approximate surface area is 235 Å². The predicted octanol–water partition coefficient (Wildman–Crippen LogP) is 5.31. The highest BCUT2D eigenvalue weighted by Crippen LogP contribution is 2.41. The maximum absolute atomic E-state index is 13.4. The largest absolute Gasteiger partial charge is 0.497 e. The third-order valence-electron chi connectivity index (χ3n) is 7.59. The van der Waals surface area contributed by atoms with Crippen LogP contribution in [0.2, 0.25) is 0 Å². The number of piperidine rings is 1. The van der Waals surface area contributed by atoms with E-state index in [4.69, 9.17) is 4.74 Å². The van der Waals surface area contributed by atoms with Crippen molar-refractivity contribution in [3.8, 4) is 16.9 Å². The summed E-state index contributed by atoms with van der Waals surface area (Å²) in [6, 6.07) is 25.9. The Kier molecular flexibility index (Phi) is 9.22. The van der Waals surface area contributed by atoms with Gasteiger partial charge in [-0.15, -0.1) is 11.8 Å². The van der Waals surface area contributed by atoms with Crippen molar-refractivity contribution in [3.63, 3.8) is 0 Å². The predicted molar refractivity (Wildman–Crippen MR) is 158 cm³/mol. The zero-order chi connectivity index (χ0) is 27.0. The van der Waals surface area contributed by atoms with Gasteiger partial charge in [-0.2, -0.15) is 0 Å². The van der Waals surface area contributed by atoms with Crippen LogP contribution >= 0.6 is 11.8 Å². The zero-order valence-corrected chi connectivity index (χ0v) is 23.3. The average Bonchev–Trinajstić information content (AvgIpc) is 3.79. The third kappa shape index (κ3) is 7.22. The normalized spacial score (nSPS) is 19.3. The summed E-state index contributed by atoms with van der Waals surface area (Å²) in [5, 5.41) is 6.66. The maximum atomic E-state index is 13.4. The molecule has 7 heteroatoms. The van der Waals surface area contributed by atoms with E-state index in [1.165, 1.54) is 5.56 Å². The van der Waals surface area contributed by atoms with Gasteiger partial charge in [0, 0.05) is 42.2 Å². The van der Waals surface area contributed by atoms with Crippen LogP contribution in [0, 0.1) is 0 Å². The highest BCUT2D eigenvalue weighted by molar-refractivity contribution is 7.99. The SMILES string of the molecule is COc1ccc([C@@H]2CC2NCSC[C@H](NC(=O)c2ccc(-c3ccccc3)cc2)C(=O)N2CCCCC2)cc1. The van der Waals surface area contributed by atoms with Crippen LogP contribution in [0.5, 0.6) is 5.75 Å². The highest BCUT2D eigenvalue weighted by Gasteiger charge is 2.37. The molecule has 2 aliphatic rings. The van der Waals surface area contributed by atoms with Crippen LogP contribution in [0.4, 0.5) is 0 Å². The minimum atomic E-state index is -0.548. The Bertz CT molecular complexity index is 1230. The lowest BCUT2D eigenvalue weighted by Crippen LogP contribution is -2.51. The summed E-state index contributed by atoms with van der Waals surface area (Å²) < 4.78 is 5.26. The molecular formula is C32H37N3O3S. The molecule has 0 bridgehead atoms. The number of hydrogen-bond donors (Lipinski definition) is 2. The Morgan fingerprint density at radius 2 is 1.62 bits per heavy atom. The van der Waals surface area contributed by atoms with Crippen LogP contribution < -0.4 is 15.4 Å². The second-order valence-corrected chi connectivity index (χ2v) is 11.3. The molecule has 2 amide bonds. The zero-order valence-electron chi connectivity index (χ0n) is 22.5. The number of likely N-dealkylation sites (tertiary alicyclic amines) is 1. The summed E-state index contributed by atoms with van der Waals surface area (Å²) in [7, 11) is 1.68. The molecule has 1 saturated carbocycles. The summed E-state index contributed by atoms with van der Waals surface area (Å²) in [4.78, 5) is 28.5. The van der Waals surface area contributed by atoms with Crippen molar-refractivity contribution in [1.82, 2.24) is 15.5 Å². The van der Waals surface area contributed by atoms with E-state index in [9.17, 15) is 9.59 Å². The molecule has 2 fully saturated rings. The van der Waals surface area contributed by atoms with Gasteiger partial charge >= 0.3 is 0 Å². The number of benzene rings is 3. The molecule has 0 radical (unpaired) electrons. The van der Waals surface area contributed by atoms with Crippen LogP contribution in [-0.4, -0.2) is 60.6 Å². The minimum absolute atomic E-state index is 0.0268.